The van der Waals surface area contributed by atoms with Crippen molar-refractivity contribution in [3.8, 4) is 0 Å². The number of esters is 2. The Hall–Kier alpha value is -2.29. The highest BCUT2D eigenvalue weighted by molar-refractivity contribution is 9.10. The van der Waals surface area contributed by atoms with Crippen molar-refractivity contribution in [2.45, 2.75) is 44.8 Å². The topological polar surface area (TPSA) is 72.8 Å². The average Bonchev–Trinajstić information content (AvgIpc) is 2.76. The molecule has 0 saturated heterocycles. The minimum absolute atomic E-state index is 0.212. The number of hydrogen-bond donors (Lipinski definition) is 1. The molecule has 0 heterocycles. The van der Waals surface area contributed by atoms with Crippen molar-refractivity contribution >= 4 is 35.9 Å². The van der Waals surface area contributed by atoms with E-state index in [1.165, 1.54) is 24.3 Å². The molecule has 1 N–H and O–H groups in total. The molecule has 0 aliphatic heterocycles. The zero-order chi connectivity index (χ0) is 24.6. The molecule has 2 aromatic rings. The molecule has 8 heteroatoms. The van der Waals surface area contributed by atoms with Gasteiger partial charge in [-0.1, -0.05) is 72.0 Å². The fourth-order valence-electron chi connectivity index (χ4n) is 3.50. The van der Waals surface area contributed by atoms with Crippen LogP contribution in [0.1, 0.15) is 18.1 Å². The van der Waals surface area contributed by atoms with Crippen molar-refractivity contribution in [1.82, 2.24) is 0 Å². The molecule has 33 heavy (non-hydrogen) atoms. The summed E-state index contributed by atoms with van der Waals surface area (Å²) in [5.74, 6) is -2.64. The first-order valence-electron chi connectivity index (χ1n) is 10.7. The fraction of sp³-hybridized carbons (Fsp3) is 0.360. The van der Waals surface area contributed by atoms with Crippen molar-refractivity contribution < 1.29 is 28.6 Å². The SMILES string of the molecule is CCOC(=O)/C=C/[C@@H](Cc1ccc(Br)cc1)[C@](O)(C(=O)OCc1ccccc1F)[Si](C)(C)C. The van der Waals surface area contributed by atoms with Gasteiger partial charge in [-0.05, 0) is 37.1 Å². The maximum Gasteiger partial charge on any atom is 0.335 e. The van der Waals surface area contributed by atoms with Crippen LogP contribution in [0.25, 0.3) is 0 Å². The number of halogens is 2. The molecule has 0 unspecified atom stereocenters. The van der Waals surface area contributed by atoms with Gasteiger partial charge < -0.3 is 14.6 Å². The second kappa shape index (κ2) is 11.7. The minimum Gasteiger partial charge on any atom is -0.463 e. The Morgan fingerprint density at radius 3 is 2.33 bits per heavy atom. The van der Waals surface area contributed by atoms with E-state index in [4.69, 9.17) is 9.47 Å². The molecule has 0 aliphatic rings. The molecule has 178 valence electrons. The molecule has 2 atom stereocenters. The summed E-state index contributed by atoms with van der Waals surface area (Å²) >= 11 is 3.40. The van der Waals surface area contributed by atoms with Crippen LogP contribution >= 0.6 is 15.9 Å². The lowest BCUT2D eigenvalue weighted by Crippen LogP contribution is -2.63. The smallest absolute Gasteiger partial charge is 0.335 e. The zero-order valence-corrected chi connectivity index (χ0v) is 21.9. The van der Waals surface area contributed by atoms with E-state index in [-0.39, 0.29) is 18.8 Å². The highest BCUT2D eigenvalue weighted by atomic mass is 79.9. The van der Waals surface area contributed by atoms with E-state index in [9.17, 15) is 19.1 Å². The van der Waals surface area contributed by atoms with Crippen LogP contribution in [0.3, 0.4) is 0 Å². The third-order valence-electron chi connectivity index (χ3n) is 5.43. The Morgan fingerprint density at radius 1 is 1.12 bits per heavy atom. The molecule has 0 radical (unpaired) electrons. The summed E-state index contributed by atoms with van der Waals surface area (Å²) in [5.41, 5.74) is 1.09. The van der Waals surface area contributed by atoms with Crippen molar-refractivity contribution in [2.24, 2.45) is 5.92 Å². The zero-order valence-electron chi connectivity index (χ0n) is 19.3. The summed E-state index contributed by atoms with van der Waals surface area (Å²) in [6.07, 6.45) is 3.05. The van der Waals surface area contributed by atoms with Crippen LogP contribution in [-0.4, -0.2) is 37.0 Å². The number of carbonyl (C=O) groups is 2. The third-order valence-corrected chi connectivity index (χ3v) is 8.82. The van der Waals surface area contributed by atoms with Gasteiger partial charge in [-0.3, -0.25) is 0 Å². The Morgan fingerprint density at radius 2 is 1.76 bits per heavy atom. The van der Waals surface area contributed by atoms with E-state index in [2.05, 4.69) is 15.9 Å². The van der Waals surface area contributed by atoms with Gasteiger partial charge in [0.15, 0.2) is 5.22 Å². The third kappa shape index (κ3) is 7.09. The summed E-state index contributed by atoms with van der Waals surface area (Å²) < 4.78 is 25.3. The molecule has 0 aromatic heterocycles. The van der Waals surface area contributed by atoms with Gasteiger partial charge in [-0.25, -0.2) is 14.0 Å². The van der Waals surface area contributed by atoms with Gasteiger partial charge in [0.25, 0.3) is 0 Å². The summed E-state index contributed by atoms with van der Waals surface area (Å²) in [6.45, 7) is 7.16. The monoisotopic (exact) mass is 536 g/mol. The van der Waals surface area contributed by atoms with Crippen molar-refractivity contribution in [2.75, 3.05) is 6.61 Å². The normalized spacial score (nSPS) is 14.5. The van der Waals surface area contributed by atoms with Gasteiger partial charge in [-0.15, -0.1) is 0 Å². The molecule has 0 saturated carbocycles. The van der Waals surface area contributed by atoms with Crippen LogP contribution in [0.2, 0.25) is 19.6 Å². The molecule has 0 spiro atoms. The van der Waals surface area contributed by atoms with Gasteiger partial charge >= 0.3 is 11.9 Å². The lowest BCUT2D eigenvalue weighted by Gasteiger charge is -2.41. The molecular formula is C25H30BrFO5Si. The van der Waals surface area contributed by atoms with Crippen LogP contribution in [0, 0.1) is 11.7 Å². The highest BCUT2D eigenvalue weighted by Gasteiger charge is 2.54. The molecule has 0 fully saturated rings. The number of carbonyl (C=O) groups excluding carboxylic acids is 2. The Kier molecular flexibility index (Phi) is 9.57. The van der Waals surface area contributed by atoms with Crippen molar-refractivity contribution in [3.05, 3.63) is 82.1 Å². The maximum absolute atomic E-state index is 14.0. The molecule has 2 aromatic carbocycles. The molecule has 0 bridgehead atoms. The van der Waals surface area contributed by atoms with E-state index >= 15 is 0 Å². The number of ether oxygens (including phenoxy) is 2. The summed E-state index contributed by atoms with van der Waals surface area (Å²) in [4.78, 5) is 25.3. The first-order valence-corrected chi connectivity index (χ1v) is 15.0. The predicted octanol–water partition coefficient (Wildman–Crippen LogP) is 5.22. The summed E-state index contributed by atoms with van der Waals surface area (Å²) in [7, 11) is -2.67. The predicted molar refractivity (Wildman–Crippen MR) is 132 cm³/mol. The number of benzene rings is 2. The van der Waals surface area contributed by atoms with Gasteiger partial charge in [0.05, 0.1) is 14.7 Å². The fourth-order valence-corrected chi connectivity index (χ4v) is 5.76. The van der Waals surface area contributed by atoms with Crippen molar-refractivity contribution in [3.63, 3.8) is 0 Å². The molecule has 2 rings (SSSR count). The highest BCUT2D eigenvalue weighted by Crippen LogP contribution is 2.34. The van der Waals surface area contributed by atoms with Gasteiger partial charge in [0.2, 0.25) is 0 Å². The Labute approximate surface area is 203 Å². The van der Waals surface area contributed by atoms with Crippen LogP contribution in [-0.2, 0) is 32.1 Å². The lowest BCUT2D eigenvalue weighted by molar-refractivity contribution is -0.162. The standard InChI is InChI=1S/C25H30BrFO5Si/c1-5-31-23(28)15-12-20(16-18-10-13-21(26)14-11-18)25(30,33(2,3)4)24(29)32-17-19-8-6-7-9-22(19)27/h6-15,20,30H,5,16-17H2,1-4H3/b15-12+/t20-,25+/m0/s1. The van der Waals surface area contributed by atoms with Crippen LogP contribution < -0.4 is 0 Å². The molecule has 0 aliphatic carbocycles. The lowest BCUT2D eigenvalue weighted by atomic mass is 9.92. The molecule has 0 amide bonds. The average molecular weight is 537 g/mol. The van der Waals surface area contributed by atoms with Gasteiger partial charge in [0, 0.05) is 22.0 Å². The van der Waals surface area contributed by atoms with Crippen LogP contribution in [0.5, 0.6) is 0 Å². The Bertz CT molecular complexity index is 987. The Balaban J connectivity index is 2.41. The van der Waals surface area contributed by atoms with Crippen molar-refractivity contribution in [1.29, 1.82) is 0 Å². The van der Waals surface area contributed by atoms with E-state index in [0.717, 1.165) is 10.0 Å². The maximum atomic E-state index is 14.0. The molecular weight excluding hydrogens is 507 g/mol. The second-order valence-electron chi connectivity index (χ2n) is 8.73. The van der Waals surface area contributed by atoms with Crippen LogP contribution in [0.4, 0.5) is 4.39 Å². The van der Waals surface area contributed by atoms with E-state index < -0.39 is 37.0 Å². The van der Waals surface area contributed by atoms with Gasteiger partial charge in [0.1, 0.15) is 12.4 Å². The first kappa shape index (κ1) is 27.0. The van der Waals surface area contributed by atoms with E-state index in [1.54, 1.807) is 19.1 Å². The largest absolute Gasteiger partial charge is 0.463 e. The van der Waals surface area contributed by atoms with E-state index in [1.807, 2.05) is 43.9 Å². The number of aliphatic hydroxyl groups is 1. The van der Waals surface area contributed by atoms with Crippen LogP contribution in [0.15, 0.2) is 65.2 Å². The van der Waals surface area contributed by atoms with Gasteiger partial charge in [-0.2, -0.15) is 0 Å². The second-order valence-corrected chi connectivity index (χ2v) is 14.9. The quantitative estimate of drug-likeness (QED) is 0.256. The molecule has 5 nitrogen and oxygen atoms in total. The van der Waals surface area contributed by atoms with E-state index in [0.29, 0.717) is 6.42 Å². The number of rotatable bonds is 10. The minimum atomic E-state index is -2.67. The number of hydrogen-bond acceptors (Lipinski definition) is 5. The summed E-state index contributed by atoms with van der Waals surface area (Å²) in [5, 5.41) is 9.98. The first-order chi connectivity index (χ1) is 15.5. The summed E-state index contributed by atoms with van der Waals surface area (Å²) in [6, 6.07) is 13.5.